The zero-order valence-electron chi connectivity index (χ0n) is 14.3. The number of carbonyl (C=O) groups is 1. The van der Waals surface area contributed by atoms with Gasteiger partial charge in [-0.15, -0.1) is 0 Å². The number of ketones is 1. The number of halogens is 2. The van der Waals surface area contributed by atoms with Crippen molar-refractivity contribution in [2.24, 2.45) is 0 Å². The summed E-state index contributed by atoms with van der Waals surface area (Å²) in [6, 6.07) is 16.6. The molecule has 0 amide bonds. The second kappa shape index (κ2) is 8.86. The van der Waals surface area contributed by atoms with Crippen LogP contribution < -0.4 is 0 Å². The molecule has 0 saturated heterocycles. The second-order valence-corrected chi connectivity index (χ2v) is 8.63. The molecule has 0 unspecified atom stereocenters. The first-order valence-electron chi connectivity index (χ1n) is 8.04. The summed E-state index contributed by atoms with van der Waals surface area (Å²) in [5.41, 5.74) is 0.518. The highest BCUT2D eigenvalue weighted by Gasteiger charge is 2.18. The Morgan fingerprint density at radius 2 is 1.50 bits per heavy atom. The van der Waals surface area contributed by atoms with Crippen LogP contribution in [0.15, 0.2) is 79.4 Å². The summed E-state index contributed by atoms with van der Waals surface area (Å²) in [5.74, 6) is -1.19. The molecule has 0 radical (unpaired) electrons. The van der Waals surface area contributed by atoms with Gasteiger partial charge < -0.3 is 15.3 Å². The number of hydrogen-bond acceptors (Lipinski definition) is 5. The Kier molecular flexibility index (Phi) is 6.49. The second-order valence-electron chi connectivity index (χ2n) is 5.77. The summed E-state index contributed by atoms with van der Waals surface area (Å²) >= 11 is 8.02. The summed E-state index contributed by atoms with van der Waals surface area (Å²) in [6.07, 6.45) is 1.42. The molecule has 0 bridgehead atoms. The smallest absolute Gasteiger partial charge is 0.199 e. The average molecular weight is 522 g/mol. The van der Waals surface area contributed by atoms with Gasteiger partial charge in [-0.2, -0.15) is 0 Å². The molecule has 0 atom stereocenters. The highest BCUT2D eigenvalue weighted by molar-refractivity contribution is 9.10. The minimum Gasteiger partial charge on any atom is -0.508 e. The molecular formula is C21H14Br2O4S. The van der Waals surface area contributed by atoms with E-state index in [1.54, 1.807) is 24.3 Å². The van der Waals surface area contributed by atoms with Gasteiger partial charge in [0.15, 0.2) is 5.78 Å². The van der Waals surface area contributed by atoms with Crippen LogP contribution in [0, 0.1) is 0 Å². The number of phenols is 3. The van der Waals surface area contributed by atoms with Crippen molar-refractivity contribution < 1.29 is 20.1 Å². The quantitative estimate of drug-likeness (QED) is 0.207. The van der Waals surface area contributed by atoms with Crippen molar-refractivity contribution in [1.82, 2.24) is 0 Å². The molecule has 4 nitrogen and oxygen atoms in total. The molecule has 28 heavy (non-hydrogen) atoms. The van der Waals surface area contributed by atoms with Crippen LogP contribution in [0.3, 0.4) is 0 Å². The van der Waals surface area contributed by atoms with Gasteiger partial charge in [-0.1, -0.05) is 39.8 Å². The number of allylic oxidation sites excluding steroid dienone is 1. The van der Waals surface area contributed by atoms with Crippen LogP contribution in [0.2, 0.25) is 0 Å². The van der Waals surface area contributed by atoms with Gasteiger partial charge >= 0.3 is 0 Å². The molecule has 3 aromatic carbocycles. The maximum absolute atomic E-state index is 13.1. The van der Waals surface area contributed by atoms with Crippen LogP contribution in [0.25, 0.3) is 6.08 Å². The van der Waals surface area contributed by atoms with E-state index in [2.05, 4.69) is 31.9 Å². The van der Waals surface area contributed by atoms with E-state index >= 15 is 0 Å². The van der Waals surface area contributed by atoms with Gasteiger partial charge in [0.05, 0.1) is 10.5 Å². The predicted molar refractivity (Wildman–Crippen MR) is 118 cm³/mol. The molecule has 0 heterocycles. The van der Waals surface area contributed by atoms with Gasteiger partial charge in [0, 0.05) is 31.5 Å². The Bertz CT molecular complexity index is 1040. The largest absolute Gasteiger partial charge is 0.508 e. The maximum atomic E-state index is 13.1. The number of rotatable bonds is 5. The molecule has 142 valence electrons. The third kappa shape index (κ3) is 4.79. The van der Waals surface area contributed by atoms with Gasteiger partial charge in [-0.25, -0.2) is 0 Å². The number of carbonyl (C=O) groups excluding carboxylic acids is 1. The first kappa shape index (κ1) is 20.5. The zero-order valence-corrected chi connectivity index (χ0v) is 18.3. The number of thioether (sulfide) groups is 1. The van der Waals surface area contributed by atoms with Crippen molar-refractivity contribution in [3.05, 3.63) is 85.6 Å². The monoisotopic (exact) mass is 520 g/mol. The number of phenolic OH excluding ortho intramolecular Hbond substituents is 3. The van der Waals surface area contributed by atoms with Crippen molar-refractivity contribution in [2.75, 3.05) is 0 Å². The molecule has 0 fully saturated rings. The molecule has 3 N–H and O–H groups in total. The Morgan fingerprint density at radius 3 is 2.11 bits per heavy atom. The van der Waals surface area contributed by atoms with Gasteiger partial charge in [0.25, 0.3) is 0 Å². The molecule has 0 spiro atoms. The molecular weight excluding hydrogens is 508 g/mol. The highest BCUT2D eigenvalue weighted by atomic mass is 79.9. The topological polar surface area (TPSA) is 77.8 Å². The summed E-state index contributed by atoms with van der Waals surface area (Å²) in [5, 5.41) is 29.8. The maximum Gasteiger partial charge on any atom is 0.199 e. The zero-order chi connectivity index (χ0) is 20.3. The summed E-state index contributed by atoms with van der Waals surface area (Å²) in [7, 11) is 0. The van der Waals surface area contributed by atoms with Crippen LogP contribution in [0.4, 0.5) is 0 Å². The van der Waals surface area contributed by atoms with Crippen molar-refractivity contribution in [3.8, 4) is 17.2 Å². The number of hydrogen-bond donors (Lipinski definition) is 3. The van der Waals surface area contributed by atoms with Gasteiger partial charge in [-0.3, -0.25) is 4.79 Å². The first-order valence-corrected chi connectivity index (χ1v) is 10.4. The van der Waals surface area contributed by atoms with Crippen LogP contribution in [0.1, 0.15) is 15.9 Å². The van der Waals surface area contributed by atoms with E-state index in [1.165, 1.54) is 17.8 Å². The fourth-order valence-electron chi connectivity index (χ4n) is 2.42. The molecule has 7 heteroatoms. The third-order valence-corrected chi connectivity index (χ3v) is 6.36. The van der Waals surface area contributed by atoms with Crippen LogP contribution in [-0.4, -0.2) is 21.1 Å². The predicted octanol–water partition coefficient (Wildman–Crippen LogP) is 6.34. The lowest BCUT2D eigenvalue weighted by molar-refractivity contribution is 0.104. The molecule has 0 aromatic heterocycles. The minimum atomic E-state index is -0.327. The fourth-order valence-corrected chi connectivity index (χ4v) is 4.15. The normalized spacial score (nSPS) is 11.4. The van der Waals surface area contributed by atoms with E-state index in [1.807, 2.05) is 24.3 Å². The molecule has 0 aliphatic heterocycles. The van der Waals surface area contributed by atoms with Crippen molar-refractivity contribution in [1.29, 1.82) is 0 Å². The van der Waals surface area contributed by atoms with Gasteiger partial charge in [0.2, 0.25) is 0 Å². The number of benzene rings is 3. The van der Waals surface area contributed by atoms with Crippen molar-refractivity contribution in [3.63, 3.8) is 0 Å². The summed E-state index contributed by atoms with van der Waals surface area (Å²) < 4.78 is 1.66. The van der Waals surface area contributed by atoms with E-state index in [0.717, 1.165) is 26.0 Å². The highest BCUT2D eigenvalue weighted by Crippen LogP contribution is 2.39. The van der Waals surface area contributed by atoms with Crippen LogP contribution in [0.5, 0.6) is 17.2 Å². The Hall–Kier alpha value is -2.22. The lowest BCUT2D eigenvalue weighted by Gasteiger charge is -2.11. The van der Waals surface area contributed by atoms with E-state index in [9.17, 15) is 20.1 Å². The Labute approximate surface area is 182 Å². The SMILES string of the molecule is O=C(/C(=C\c1c(O)cc(O)cc1O)Sc1ccccc1Br)c1ccc(Br)cc1. The van der Waals surface area contributed by atoms with Gasteiger partial charge in [-0.05, 0) is 58.4 Å². The molecule has 3 aromatic rings. The van der Waals surface area contributed by atoms with E-state index < -0.39 is 0 Å². The Balaban J connectivity index is 2.10. The van der Waals surface area contributed by atoms with Gasteiger partial charge in [0.1, 0.15) is 17.2 Å². The lowest BCUT2D eigenvalue weighted by Crippen LogP contribution is -2.01. The number of Topliss-reactive ketones (excluding diaryl/α,β-unsaturated/α-hetero) is 1. The summed E-state index contributed by atoms with van der Waals surface area (Å²) in [6.45, 7) is 0. The first-order chi connectivity index (χ1) is 13.3. The van der Waals surface area contributed by atoms with Crippen molar-refractivity contribution >= 4 is 55.5 Å². The minimum absolute atomic E-state index is 0.0535. The van der Waals surface area contributed by atoms with E-state index in [-0.39, 0.29) is 28.6 Å². The standard InChI is InChI=1S/C21H14Br2O4S/c22-13-7-5-12(6-8-13)21(27)20(28-19-4-2-1-3-16(19)23)11-15-17(25)9-14(24)10-18(15)26/h1-11,24-26H/b20-11+. The fraction of sp³-hybridized carbons (Fsp3) is 0. The summed E-state index contributed by atoms with van der Waals surface area (Å²) in [4.78, 5) is 14.2. The molecule has 0 aliphatic carbocycles. The van der Waals surface area contributed by atoms with E-state index in [0.29, 0.717) is 10.5 Å². The average Bonchev–Trinajstić information content (AvgIpc) is 2.65. The molecule has 3 rings (SSSR count). The molecule has 0 saturated carbocycles. The van der Waals surface area contributed by atoms with Crippen molar-refractivity contribution in [2.45, 2.75) is 4.90 Å². The number of aromatic hydroxyl groups is 3. The molecule has 0 aliphatic rings. The van der Waals surface area contributed by atoms with Crippen LogP contribution in [-0.2, 0) is 0 Å². The van der Waals surface area contributed by atoms with E-state index in [4.69, 9.17) is 0 Å². The third-order valence-electron chi connectivity index (χ3n) is 3.78. The Morgan fingerprint density at radius 1 is 0.893 bits per heavy atom. The van der Waals surface area contributed by atoms with Crippen LogP contribution >= 0.6 is 43.6 Å². The lowest BCUT2D eigenvalue weighted by atomic mass is 10.1.